The average Bonchev–Trinajstić information content (AvgIpc) is 2.77. The number of unbranched alkanes of at least 4 members (excludes halogenated alkanes) is 1. The molecule has 0 aromatic carbocycles. The summed E-state index contributed by atoms with van der Waals surface area (Å²) in [6.45, 7) is 4.09. The zero-order valence-electron chi connectivity index (χ0n) is 10.6. The number of thioether (sulfide) groups is 1. The topological polar surface area (TPSA) is 49.6 Å². The second kappa shape index (κ2) is 6.17. The Morgan fingerprint density at radius 2 is 2.28 bits per heavy atom. The molecule has 18 heavy (non-hydrogen) atoms. The van der Waals surface area contributed by atoms with Crippen LogP contribution in [0.4, 0.5) is 0 Å². The summed E-state index contributed by atoms with van der Waals surface area (Å²) in [6, 6.07) is 4.37. The summed E-state index contributed by atoms with van der Waals surface area (Å²) in [4.78, 5) is 11.4. The van der Waals surface area contributed by atoms with Crippen molar-refractivity contribution in [1.29, 1.82) is 5.26 Å². The van der Waals surface area contributed by atoms with E-state index in [0.29, 0.717) is 6.42 Å². The maximum absolute atomic E-state index is 8.53. The van der Waals surface area contributed by atoms with Crippen molar-refractivity contribution >= 4 is 33.3 Å². The van der Waals surface area contributed by atoms with Crippen molar-refractivity contribution in [3.05, 3.63) is 16.8 Å². The molecule has 2 rings (SSSR count). The molecule has 0 aliphatic heterocycles. The molecule has 0 N–H and O–H groups in total. The van der Waals surface area contributed by atoms with Gasteiger partial charge >= 0.3 is 0 Å². The van der Waals surface area contributed by atoms with E-state index in [9.17, 15) is 0 Å². The summed E-state index contributed by atoms with van der Waals surface area (Å²) in [5.74, 6) is 1.77. The summed E-state index contributed by atoms with van der Waals surface area (Å²) < 4.78 is 0. The third kappa shape index (κ3) is 3.01. The Morgan fingerprint density at radius 3 is 3.00 bits per heavy atom. The molecular weight excluding hydrogens is 262 g/mol. The second-order valence-corrected chi connectivity index (χ2v) is 6.17. The number of hydrogen-bond acceptors (Lipinski definition) is 5. The van der Waals surface area contributed by atoms with Gasteiger partial charge in [0.1, 0.15) is 15.7 Å². The minimum atomic E-state index is 0.615. The van der Waals surface area contributed by atoms with Crippen LogP contribution in [-0.4, -0.2) is 15.7 Å². The first-order valence-electron chi connectivity index (χ1n) is 6.01. The lowest BCUT2D eigenvalue weighted by Gasteiger charge is -2.02. The maximum atomic E-state index is 8.53. The molecule has 2 aromatic rings. The van der Waals surface area contributed by atoms with Gasteiger partial charge in [0.2, 0.25) is 0 Å². The molecule has 0 spiro atoms. The van der Waals surface area contributed by atoms with Crippen LogP contribution < -0.4 is 0 Å². The van der Waals surface area contributed by atoms with Crippen molar-refractivity contribution in [3.63, 3.8) is 0 Å². The number of thiophene rings is 1. The van der Waals surface area contributed by atoms with Crippen LogP contribution in [0.25, 0.3) is 10.2 Å². The summed E-state index contributed by atoms with van der Waals surface area (Å²) in [6.07, 6.45) is 2.57. The Labute approximate surface area is 115 Å². The number of fused-ring (bicyclic) bond motifs is 1. The van der Waals surface area contributed by atoms with Crippen LogP contribution in [0, 0.1) is 18.3 Å². The Bertz CT molecular complexity index is 584. The summed E-state index contributed by atoms with van der Waals surface area (Å²) in [5.41, 5.74) is 0. The zero-order valence-corrected chi connectivity index (χ0v) is 12.2. The number of aromatic nitrogens is 2. The van der Waals surface area contributed by atoms with Gasteiger partial charge < -0.3 is 0 Å². The molecule has 0 aliphatic carbocycles. The van der Waals surface area contributed by atoms with Gasteiger partial charge in [-0.05, 0) is 25.8 Å². The van der Waals surface area contributed by atoms with Crippen molar-refractivity contribution in [3.8, 4) is 6.07 Å². The van der Waals surface area contributed by atoms with Crippen molar-refractivity contribution in [2.45, 2.75) is 38.1 Å². The normalized spacial score (nSPS) is 10.7. The van der Waals surface area contributed by atoms with Crippen molar-refractivity contribution in [1.82, 2.24) is 9.97 Å². The molecule has 0 bridgehead atoms. The van der Waals surface area contributed by atoms with Crippen LogP contribution in [-0.2, 0) is 6.42 Å². The minimum Gasteiger partial charge on any atom is -0.226 e. The van der Waals surface area contributed by atoms with E-state index in [1.807, 2.05) is 6.92 Å². The van der Waals surface area contributed by atoms with Crippen LogP contribution in [0.15, 0.2) is 11.1 Å². The van der Waals surface area contributed by atoms with Crippen molar-refractivity contribution < 1.29 is 0 Å². The zero-order chi connectivity index (χ0) is 13.0. The lowest BCUT2D eigenvalue weighted by Crippen LogP contribution is -1.91. The van der Waals surface area contributed by atoms with Crippen LogP contribution >= 0.6 is 23.1 Å². The number of nitrogens with zero attached hydrogens (tertiary/aromatic N) is 3. The van der Waals surface area contributed by atoms with E-state index >= 15 is 0 Å². The highest BCUT2D eigenvalue weighted by atomic mass is 32.2. The molecule has 3 nitrogen and oxygen atoms in total. The number of nitriles is 1. The highest BCUT2D eigenvalue weighted by Gasteiger charge is 2.10. The van der Waals surface area contributed by atoms with Gasteiger partial charge in [0.05, 0.1) is 6.07 Å². The average molecular weight is 277 g/mol. The predicted octanol–water partition coefficient (Wildman–Crippen LogP) is 3.96. The molecule has 2 aromatic heterocycles. The van der Waals surface area contributed by atoms with Gasteiger partial charge in [0, 0.05) is 22.4 Å². The van der Waals surface area contributed by atoms with E-state index in [-0.39, 0.29) is 0 Å². The Morgan fingerprint density at radius 1 is 1.44 bits per heavy atom. The highest BCUT2D eigenvalue weighted by Crippen LogP contribution is 2.32. The van der Waals surface area contributed by atoms with E-state index in [4.69, 9.17) is 5.26 Å². The third-order valence-electron chi connectivity index (χ3n) is 2.54. The minimum absolute atomic E-state index is 0.615. The first-order chi connectivity index (χ1) is 8.74. The Kier molecular flexibility index (Phi) is 4.56. The quantitative estimate of drug-likeness (QED) is 0.471. The summed E-state index contributed by atoms with van der Waals surface area (Å²) in [7, 11) is 0. The second-order valence-electron chi connectivity index (χ2n) is 3.97. The molecule has 2 heterocycles. The molecule has 0 saturated heterocycles. The molecule has 5 heteroatoms. The maximum Gasteiger partial charge on any atom is 0.128 e. The van der Waals surface area contributed by atoms with Gasteiger partial charge in [0.15, 0.2) is 0 Å². The fourth-order valence-electron chi connectivity index (χ4n) is 1.65. The fourth-order valence-corrected chi connectivity index (χ4v) is 3.72. The molecular formula is C13H15N3S2. The summed E-state index contributed by atoms with van der Waals surface area (Å²) in [5, 5.41) is 10.8. The molecule has 0 saturated carbocycles. The highest BCUT2D eigenvalue weighted by molar-refractivity contribution is 7.99. The molecule has 0 aliphatic rings. The van der Waals surface area contributed by atoms with Crippen LogP contribution in [0.3, 0.4) is 0 Å². The first kappa shape index (κ1) is 13.3. The van der Waals surface area contributed by atoms with Gasteiger partial charge in [-0.1, -0.05) is 6.92 Å². The van der Waals surface area contributed by atoms with Crippen LogP contribution in [0.2, 0.25) is 0 Å². The van der Waals surface area contributed by atoms with E-state index in [0.717, 1.165) is 34.3 Å². The van der Waals surface area contributed by atoms with Crippen LogP contribution in [0.5, 0.6) is 0 Å². The van der Waals surface area contributed by atoms with Crippen LogP contribution in [0.1, 0.15) is 30.5 Å². The number of rotatable bonds is 5. The van der Waals surface area contributed by atoms with Gasteiger partial charge in [0.25, 0.3) is 0 Å². The van der Waals surface area contributed by atoms with Gasteiger partial charge in [-0.25, -0.2) is 9.97 Å². The lowest BCUT2D eigenvalue weighted by molar-refractivity contribution is 0.971. The molecule has 0 fully saturated rings. The molecule has 94 valence electrons. The first-order valence-corrected chi connectivity index (χ1v) is 7.81. The number of hydrogen-bond donors (Lipinski definition) is 0. The SMILES string of the molecule is CCc1cc2c(SCCCC#N)nc(C)nc2s1. The third-order valence-corrected chi connectivity index (χ3v) is 4.79. The van der Waals surface area contributed by atoms with Gasteiger partial charge in [-0.3, -0.25) is 0 Å². The molecule has 0 radical (unpaired) electrons. The number of aryl methyl sites for hydroxylation is 2. The standard InChI is InChI=1S/C13H15N3S2/c1-3-10-8-11-12(17-7-5-4-6-14)15-9(2)16-13(11)18-10/h8H,3-5,7H2,1-2H3. The van der Waals surface area contributed by atoms with E-state index in [1.165, 1.54) is 10.3 Å². The predicted molar refractivity (Wildman–Crippen MR) is 77.1 cm³/mol. The van der Waals surface area contributed by atoms with E-state index in [2.05, 4.69) is 29.0 Å². The fraction of sp³-hybridized carbons (Fsp3) is 0.462. The Hall–Kier alpha value is -1.12. The van der Waals surface area contributed by atoms with Gasteiger partial charge in [-0.15, -0.1) is 23.1 Å². The molecule has 0 atom stereocenters. The van der Waals surface area contributed by atoms with Crippen molar-refractivity contribution in [2.24, 2.45) is 0 Å². The molecule has 0 amide bonds. The van der Waals surface area contributed by atoms with E-state index in [1.54, 1.807) is 23.1 Å². The van der Waals surface area contributed by atoms with Gasteiger partial charge in [-0.2, -0.15) is 5.26 Å². The van der Waals surface area contributed by atoms with E-state index < -0.39 is 0 Å². The Balaban J connectivity index is 2.25. The smallest absolute Gasteiger partial charge is 0.128 e. The largest absolute Gasteiger partial charge is 0.226 e. The molecule has 0 unspecified atom stereocenters. The lowest BCUT2D eigenvalue weighted by atomic mass is 10.3. The van der Waals surface area contributed by atoms with Crippen molar-refractivity contribution in [2.75, 3.05) is 5.75 Å². The summed E-state index contributed by atoms with van der Waals surface area (Å²) >= 11 is 3.48. The monoisotopic (exact) mass is 277 g/mol.